The van der Waals surface area contributed by atoms with Crippen LogP contribution in [0.25, 0.3) is 0 Å². The van der Waals surface area contributed by atoms with Crippen molar-refractivity contribution in [2.75, 3.05) is 0 Å². The van der Waals surface area contributed by atoms with Gasteiger partial charge >= 0.3 is 18.2 Å². The molecule has 4 aliphatic carbocycles. The second kappa shape index (κ2) is 5.08. The van der Waals surface area contributed by atoms with Gasteiger partial charge in [0, 0.05) is 0 Å². The van der Waals surface area contributed by atoms with E-state index < -0.39 is 24.3 Å². The molecule has 0 aliphatic heterocycles. The Bertz CT molecular complexity index is 542. The van der Waals surface area contributed by atoms with E-state index in [2.05, 4.69) is 10.8 Å². The Balaban J connectivity index is 0.00000169. The molecule has 7 atom stereocenters. The fourth-order valence-electron chi connectivity index (χ4n) is 5.52. The number of hydrogen-bond acceptors (Lipinski definition) is 1. The maximum Gasteiger partial charge on any atom is 0.462 e. The molecule has 3 fully saturated rings. The lowest BCUT2D eigenvalue weighted by molar-refractivity contribution is -0.434. The van der Waals surface area contributed by atoms with Crippen LogP contribution in [0, 0.1) is 35.5 Å². The summed E-state index contributed by atoms with van der Waals surface area (Å²) in [6.45, 7) is 0. The molecule has 0 aromatic rings. The fourth-order valence-corrected chi connectivity index (χ4v) is 5.52. The maximum atomic E-state index is 13.5. The maximum absolute atomic E-state index is 13.5. The number of rotatable bonds is 3. The predicted octanol–water partition coefficient (Wildman–Crippen LogP) is 4.79. The third-order valence-electron chi connectivity index (χ3n) is 6.23. The van der Waals surface area contributed by atoms with E-state index in [0.717, 1.165) is 6.42 Å². The van der Waals surface area contributed by atoms with E-state index in [1.807, 2.05) is 6.08 Å². The van der Waals surface area contributed by atoms with Crippen LogP contribution in [0.15, 0.2) is 12.2 Å². The monoisotopic (exact) mass is 364 g/mol. The SMILES string of the molecule is F.FC(F)(F)C(F)(F)C(F)(F)OC1CC2CC1C1C3C=CC(C3)C21. The molecule has 4 aliphatic rings. The number of hydrogen-bond donors (Lipinski definition) is 0. The topological polar surface area (TPSA) is 9.23 Å². The third-order valence-corrected chi connectivity index (χ3v) is 6.23. The first-order valence-electron chi connectivity index (χ1n) is 7.71. The van der Waals surface area contributed by atoms with Crippen molar-refractivity contribution in [1.29, 1.82) is 0 Å². The molecule has 0 saturated heterocycles. The van der Waals surface area contributed by atoms with Gasteiger partial charge in [-0.2, -0.15) is 30.7 Å². The highest BCUT2D eigenvalue weighted by molar-refractivity contribution is 5.21. The Morgan fingerprint density at radius 3 is 1.96 bits per heavy atom. The zero-order valence-corrected chi connectivity index (χ0v) is 12.3. The zero-order valence-electron chi connectivity index (χ0n) is 12.3. The smallest absolute Gasteiger partial charge is 0.312 e. The number of ether oxygens (including phenoxy) is 1. The summed E-state index contributed by atoms with van der Waals surface area (Å²) in [5, 5.41) is 0. The third kappa shape index (κ3) is 2.15. The van der Waals surface area contributed by atoms with E-state index in [4.69, 9.17) is 0 Å². The van der Waals surface area contributed by atoms with Crippen molar-refractivity contribution >= 4 is 0 Å². The molecule has 0 amide bonds. The molecule has 7 unspecified atom stereocenters. The van der Waals surface area contributed by atoms with Crippen molar-refractivity contribution in [3.05, 3.63) is 12.2 Å². The summed E-state index contributed by atoms with van der Waals surface area (Å²) in [6, 6.07) is 0. The van der Waals surface area contributed by atoms with E-state index in [0.29, 0.717) is 18.3 Å². The van der Waals surface area contributed by atoms with Crippen LogP contribution in [0.2, 0.25) is 0 Å². The van der Waals surface area contributed by atoms with E-state index in [9.17, 15) is 30.7 Å². The Labute approximate surface area is 132 Å². The van der Waals surface area contributed by atoms with Crippen LogP contribution in [0.3, 0.4) is 0 Å². The lowest BCUT2D eigenvalue weighted by atomic mass is 9.72. The first-order valence-corrected chi connectivity index (χ1v) is 7.71. The molecule has 9 heteroatoms. The Kier molecular flexibility index (Phi) is 3.80. The number of fused-ring (bicyclic) bond motifs is 9. The molecule has 0 aromatic carbocycles. The summed E-state index contributed by atoms with van der Waals surface area (Å²) < 4.78 is 93.8. The Morgan fingerprint density at radius 2 is 1.38 bits per heavy atom. The first kappa shape index (κ1) is 17.9. The van der Waals surface area contributed by atoms with Gasteiger partial charge in [0.05, 0.1) is 6.10 Å². The highest BCUT2D eigenvalue weighted by atomic mass is 19.4. The van der Waals surface area contributed by atoms with Gasteiger partial charge in [-0.05, 0) is 54.8 Å². The number of alkyl halides is 7. The molecule has 4 bridgehead atoms. The Hall–Kier alpha value is -0.860. The van der Waals surface area contributed by atoms with E-state index >= 15 is 0 Å². The van der Waals surface area contributed by atoms with Gasteiger partial charge in [-0.15, -0.1) is 0 Å². The average Bonchev–Trinajstić information content (AvgIpc) is 3.14. The van der Waals surface area contributed by atoms with Crippen molar-refractivity contribution in [3.8, 4) is 0 Å². The zero-order chi connectivity index (χ0) is 16.8. The highest BCUT2D eigenvalue weighted by Gasteiger charge is 2.76. The molecular weight excluding hydrogens is 348 g/mol. The molecule has 3 saturated carbocycles. The van der Waals surface area contributed by atoms with E-state index in [-0.39, 0.29) is 34.8 Å². The highest BCUT2D eigenvalue weighted by Crippen LogP contribution is 2.66. The molecule has 0 spiro atoms. The van der Waals surface area contributed by atoms with Gasteiger partial charge < -0.3 is 4.74 Å². The molecule has 1 nitrogen and oxygen atoms in total. The van der Waals surface area contributed by atoms with Crippen LogP contribution in [0.5, 0.6) is 0 Å². The van der Waals surface area contributed by atoms with Crippen LogP contribution < -0.4 is 0 Å². The van der Waals surface area contributed by atoms with Gasteiger partial charge in [0.25, 0.3) is 0 Å². The standard InChI is InChI=1S/C15H15F7O.FH/c16-13(17,14(18,19)20)15(21,22)23-10-5-8-4-9(10)12-7-2-1-6(3-7)11(8)12;/h1-2,6-12H,3-5H2;1H. The molecule has 0 heterocycles. The van der Waals surface area contributed by atoms with Crippen LogP contribution >= 0.6 is 0 Å². The van der Waals surface area contributed by atoms with Crippen LogP contribution in [-0.2, 0) is 4.74 Å². The van der Waals surface area contributed by atoms with Gasteiger partial charge in [-0.3, -0.25) is 4.70 Å². The largest absolute Gasteiger partial charge is 0.462 e. The minimum atomic E-state index is -6.34. The summed E-state index contributed by atoms with van der Waals surface area (Å²) in [5.41, 5.74) is 0. The second-order valence-corrected chi connectivity index (χ2v) is 7.24. The predicted molar refractivity (Wildman–Crippen MR) is 67.3 cm³/mol. The van der Waals surface area contributed by atoms with Gasteiger partial charge in [0.2, 0.25) is 0 Å². The summed E-state index contributed by atoms with van der Waals surface area (Å²) in [6.07, 6.45) is -7.30. The van der Waals surface area contributed by atoms with Gasteiger partial charge in [0.15, 0.2) is 0 Å². The molecule has 0 radical (unpaired) electrons. The van der Waals surface area contributed by atoms with Crippen molar-refractivity contribution < 1.29 is 40.2 Å². The van der Waals surface area contributed by atoms with Crippen LogP contribution in [-0.4, -0.2) is 24.3 Å². The molecule has 138 valence electrons. The summed E-state index contributed by atoms with van der Waals surface area (Å²) in [5.74, 6) is -5.38. The second-order valence-electron chi connectivity index (χ2n) is 7.24. The minimum absolute atomic E-state index is 0. The normalized spacial score (nSPS) is 43.2. The van der Waals surface area contributed by atoms with Crippen molar-refractivity contribution in [2.45, 2.75) is 43.6 Å². The average molecular weight is 364 g/mol. The molecule has 0 aromatic heterocycles. The Morgan fingerprint density at radius 1 is 0.792 bits per heavy atom. The fraction of sp³-hybridized carbons (Fsp3) is 0.867. The summed E-state index contributed by atoms with van der Waals surface area (Å²) in [4.78, 5) is 0. The van der Waals surface area contributed by atoms with Crippen LogP contribution in [0.4, 0.5) is 35.4 Å². The minimum Gasteiger partial charge on any atom is -0.312 e. The number of allylic oxidation sites excluding steroid dienone is 2. The molecular formula is C15H16F8O. The summed E-state index contributed by atoms with van der Waals surface area (Å²) in [7, 11) is 0. The molecule has 0 N–H and O–H groups in total. The van der Waals surface area contributed by atoms with Gasteiger partial charge in [0.1, 0.15) is 0 Å². The van der Waals surface area contributed by atoms with E-state index in [1.165, 1.54) is 0 Å². The van der Waals surface area contributed by atoms with Crippen molar-refractivity contribution in [1.82, 2.24) is 0 Å². The van der Waals surface area contributed by atoms with Crippen molar-refractivity contribution in [3.63, 3.8) is 0 Å². The quantitative estimate of drug-likeness (QED) is 0.397. The van der Waals surface area contributed by atoms with Gasteiger partial charge in [-0.25, -0.2) is 0 Å². The lowest BCUT2D eigenvalue weighted by Crippen LogP contribution is -2.55. The molecule has 4 rings (SSSR count). The summed E-state index contributed by atoms with van der Waals surface area (Å²) >= 11 is 0. The van der Waals surface area contributed by atoms with Crippen molar-refractivity contribution in [2.24, 2.45) is 35.5 Å². The van der Waals surface area contributed by atoms with E-state index in [1.54, 1.807) is 0 Å². The lowest BCUT2D eigenvalue weighted by Gasteiger charge is -2.39. The first-order chi connectivity index (χ1) is 10.5. The molecule has 24 heavy (non-hydrogen) atoms. The van der Waals surface area contributed by atoms with Crippen LogP contribution in [0.1, 0.15) is 19.3 Å². The van der Waals surface area contributed by atoms with Gasteiger partial charge in [-0.1, -0.05) is 12.2 Å². The number of halogens is 8.